The van der Waals surface area contributed by atoms with Crippen molar-refractivity contribution in [3.63, 3.8) is 0 Å². The fourth-order valence-corrected chi connectivity index (χ4v) is 2.52. The molecule has 0 aliphatic heterocycles. The highest BCUT2D eigenvalue weighted by Crippen LogP contribution is 2.10. The van der Waals surface area contributed by atoms with Crippen molar-refractivity contribution in [3.05, 3.63) is 22.4 Å². The molecular weight excluding hydrogens is 216 g/mol. The Hall–Kier alpha value is -0.380. The molecule has 1 heterocycles. The van der Waals surface area contributed by atoms with Gasteiger partial charge >= 0.3 is 0 Å². The maximum atomic E-state index is 6.12. The summed E-state index contributed by atoms with van der Waals surface area (Å²) in [5.41, 5.74) is 7.56. The highest BCUT2D eigenvalue weighted by Gasteiger charge is 2.06. The first-order chi connectivity index (χ1) is 7.76. The van der Waals surface area contributed by atoms with E-state index in [-0.39, 0.29) is 0 Å². The van der Waals surface area contributed by atoms with Gasteiger partial charge in [-0.05, 0) is 61.3 Å². The summed E-state index contributed by atoms with van der Waals surface area (Å²) in [6.07, 6.45) is 3.35. The van der Waals surface area contributed by atoms with Crippen LogP contribution in [0.3, 0.4) is 0 Å². The molecule has 2 nitrogen and oxygen atoms in total. The predicted molar refractivity (Wildman–Crippen MR) is 73.0 cm³/mol. The zero-order valence-electron chi connectivity index (χ0n) is 10.5. The van der Waals surface area contributed by atoms with Crippen molar-refractivity contribution in [3.8, 4) is 0 Å². The van der Waals surface area contributed by atoms with E-state index in [1.54, 1.807) is 11.3 Å². The smallest absolute Gasteiger partial charge is 0.00541 e. The lowest BCUT2D eigenvalue weighted by molar-refractivity contribution is 0.288. The predicted octanol–water partition coefficient (Wildman–Crippen LogP) is 2.74. The second-order valence-electron chi connectivity index (χ2n) is 4.25. The summed E-state index contributed by atoms with van der Waals surface area (Å²) in [7, 11) is 0. The molecular formula is C13H24N2S. The summed E-state index contributed by atoms with van der Waals surface area (Å²) in [5, 5.41) is 4.36. The Kier molecular flexibility index (Phi) is 6.69. The second kappa shape index (κ2) is 7.82. The number of aryl methyl sites for hydroxylation is 1. The van der Waals surface area contributed by atoms with Crippen molar-refractivity contribution in [2.24, 2.45) is 5.73 Å². The molecule has 3 heteroatoms. The molecule has 1 aromatic rings. The van der Waals surface area contributed by atoms with Gasteiger partial charge in [0.05, 0.1) is 0 Å². The summed E-state index contributed by atoms with van der Waals surface area (Å²) in [6, 6.07) is 2.54. The van der Waals surface area contributed by atoms with Gasteiger partial charge in [0.15, 0.2) is 0 Å². The summed E-state index contributed by atoms with van der Waals surface area (Å²) in [5.74, 6) is 0. The number of rotatable bonds is 8. The molecule has 92 valence electrons. The molecule has 1 unspecified atom stereocenters. The van der Waals surface area contributed by atoms with E-state index in [0.717, 1.165) is 38.9 Å². The Bertz CT molecular complexity index is 255. The Morgan fingerprint density at radius 3 is 2.62 bits per heavy atom. The van der Waals surface area contributed by atoms with Crippen LogP contribution in [-0.4, -0.2) is 30.6 Å². The Balaban J connectivity index is 2.13. The quantitative estimate of drug-likeness (QED) is 0.757. The van der Waals surface area contributed by atoms with Crippen molar-refractivity contribution in [1.82, 2.24) is 4.90 Å². The van der Waals surface area contributed by atoms with Gasteiger partial charge in [0.25, 0.3) is 0 Å². The Morgan fingerprint density at radius 2 is 2.06 bits per heavy atom. The standard InChI is InChI=1S/C13H24N2S/c1-3-15(4-2)9-7-13(14)6-5-12-8-10-16-11-12/h8,10-11,13H,3-7,9,14H2,1-2H3. The van der Waals surface area contributed by atoms with Gasteiger partial charge in [-0.3, -0.25) is 0 Å². The molecule has 1 rings (SSSR count). The van der Waals surface area contributed by atoms with E-state index >= 15 is 0 Å². The van der Waals surface area contributed by atoms with Crippen molar-refractivity contribution < 1.29 is 0 Å². The normalized spacial score (nSPS) is 13.2. The summed E-state index contributed by atoms with van der Waals surface area (Å²) < 4.78 is 0. The number of nitrogens with two attached hydrogens (primary N) is 1. The van der Waals surface area contributed by atoms with Crippen molar-refractivity contribution in [1.29, 1.82) is 0 Å². The van der Waals surface area contributed by atoms with Crippen LogP contribution in [0.1, 0.15) is 32.3 Å². The van der Waals surface area contributed by atoms with Crippen LogP contribution in [0, 0.1) is 0 Å². The van der Waals surface area contributed by atoms with Crippen LogP contribution in [0.5, 0.6) is 0 Å². The van der Waals surface area contributed by atoms with E-state index in [1.807, 2.05) is 0 Å². The van der Waals surface area contributed by atoms with E-state index in [0.29, 0.717) is 6.04 Å². The van der Waals surface area contributed by atoms with Gasteiger partial charge in [0, 0.05) is 6.04 Å². The molecule has 0 bridgehead atoms. The van der Waals surface area contributed by atoms with Crippen molar-refractivity contribution >= 4 is 11.3 Å². The van der Waals surface area contributed by atoms with Gasteiger partial charge in [0.1, 0.15) is 0 Å². The lowest BCUT2D eigenvalue weighted by Gasteiger charge is -2.20. The molecule has 1 atom stereocenters. The van der Waals surface area contributed by atoms with E-state index in [2.05, 4.69) is 35.6 Å². The fourth-order valence-electron chi connectivity index (χ4n) is 1.82. The molecule has 0 aromatic carbocycles. The first-order valence-electron chi connectivity index (χ1n) is 6.25. The van der Waals surface area contributed by atoms with Crippen LogP contribution in [0.2, 0.25) is 0 Å². The van der Waals surface area contributed by atoms with E-state index in [9.17, 15) is 0 Å². The van der Waals surface area contributed by atoms with Crippen molar-refractivity contribution in [2.75, 3.05) is 19.6 Å². The Morgan fingerprint density at radius 1 is 1.31 bits per heavy atom. The molecule has 0 spiro atoms. The topological polar surface area (TPSA) is 29.3 Å². The average Bonchev–Trinajstić information content (AvgIpc) is 2.80. The third-order valence-electron chi connectivity index (χ3n) is 3.09. The monoisotopic (exact) mass is 240 g/mol. The number of hydrogen-bond acceptors (Lipinski definition) is 3. The number of hydrogen-bond donors (Lipinski definition) is 1. The van der Waals surface area contributed by atoms with Crippen LogP contribution in [-0.2, 0) is 6.42 Å². The van der Waals surface area contributed by atoms with Gasteiger partial charge in [-0.2, -0.15) is 11.3 Å². The minimum atomic E-state index is 0.348. The highest BCUT2D eigenvalue weighted by molar-refractivity contribution is 7.07. The maximum absolute atomic E-state index is 6.12. The third kappa shape index (κ3) is 5.10. The molecule has 1 aromatic heterocycles. The summed E-state index contributed by atoms with van der Waals surface area (Å²) >= 11 is 1.77. The molecule has 0 radical (unpaired) electrons. The van der Waals surface area contributed by atoms with Gasteiger partial charge in [-0.15, -0.1) is 0 Å². The van der Waals surface area contributed by atoms with E-state index in [4.69, 9.17) is 5.73 Å². The highest BCUT2D eigenvalue weighted by atomic mass is 32.1. The molecule has 0 saturated heterocycles. The summed E-state index contributed by atoms with van der Waals surface area (Å²) in [6.45, 7) is 7.82. The van der Waals surface area contributed by atoms with Crippen molar-refractivity contribution in [2.45, 2.75) is 39.2 Å². The average molecular weight is 240 g/mol. The molecule has 2 N–H and O–H groups in total. The molecule has 16 heavy (non-hydrogen) atoms. The zero-order chi connectivity index (χ0) is 11.8. The SMILES string of the molecule is CCN(CC)CCC(N)CCc1ccsc1. The van der Waals surface area contributed by atoms with Crippen LogP contribution >= 0.6 is 11.3 Å². The number of nitrogens with zero attached hydrogens (tertiary/aromatic N) is 1. The molecule has 0 saturated carbocycles. The lowest BCUT2D eigenvalue weighted by Crippen LogP contribution is -2.30. The lowest BCUT2D eigenvalue weighted by atomic mass is 10.1. The fraction of sp³-hybridized carbons (Fsp3) is 0.692. The molecule has 0 aliphatic rings. The first kappa shape index (κ1) is 13.7. The van der Waals surface area contributed by atoms with E-state index < -0.39 is 0 Å². The van der Waals surface area contributed by atoms with Gasteiger partial charge in [0.2, 0.25) is 0 Å². The minimum Gasteiger partial charge on any atom is -0.328 e. The van der Waals surface area contributed by atoms with Crippen LogP contribution in [0.15, 0.2) is 16.8 Å². The molecule has 0 fully saturated rings. The molecule has 0 amide bonds. The Labute approximate surface area is 103 Å². The second-order valence-corrected chi connectivity index (χ2v) is 5.03. The first-order valence-corrected chi connectivity index (χ1v) is 7.19. The van der Waals surface area contributed by atoms with Gasteiger partial charge in [-0.1, -0.05) is 13.8 Å². The van der Waals surface area contributed by atoms with Crippen LogP contribution < -0.4 is 5.73 Å². The summed E-state index contributed by atoms with van der Waals surface area (Å²) in [4.78, 5) is 2.43. The van der Waals surface area contributed by atoms with Crippen LogP contribution in [0.25, 0.3) is 0 Å². The maximum Gasteiger partial charge on any atom is 0.00541 e. The zero-order valence-corrected chi connectivity index (χ0v) is 11.3. The third-order valence-corrected chi connectivity index (χ3v) is 3.83. The molecule has 0 aliphatic carbocycles. The largest absolute Gasteiger partial charge is 0.328 e. The number of thiophene rings is 1. The van der Waals surface area contributed by atoms with Crippen LogP contribution in [0.4, 0.5) is 0 Å². The minimum absolute atomic E-state index is 0.348. The van der Waals surface area contributed by atoms with Gasteiger partial charge in [-0.25, -0.2) is 0 Å². The van der Waals surface area contributed by atoms with E-state index in [1.165, 1.54) is 5.56 Å². The van der Waals surface area contributed by atoms with Gasteiger partial charge < -0.3 is 10.6 Å².